The lowest BCUT2D eigenvalue weighted by molar-refractivity contribution is -0.137. The van der Waals surface area contributed by atoms with Crippen LogP contribution >= 0.6 is 0 Å². The molecule has 30 heavy (non-hydrogen) atoms. The maximum Gasteiger partial charge on any atom is 0.360 e. The van der Waals surface area contributed by atoms with Gasteiger partial charge in [0.1, 0.15) is 6.61 Å². The van der Waals surface area contributed by atoms with Crippen LogP contribution < -0.4 is 0 Å². The molecule has 1 fully saturated rings. The summed E-state index contributed by atoms with van der Waals surface area (Å²) in [4.78, 5) is 12.8. The van der Waals surface area contributed by atoms with E-state index in [4.69, 9.17) is 9.47 Å². The SMILES string of the molecule is C/C=N\N1C(C(=O)OC)=C(OCc2ccccc2)c2ccc(C3CC3)cc2/C1=C\C. The van der Waals surface area contributed by atoms with Gasteiger partial charge in [-0.15, -0.1) is 0 Å². The number of benzene rings is 2. The number of fused-ring (bicyclic) bond motifs is 1. The standard InChI is InChI=1S/C25H26N2O3/c1-4-22-21-15-19(18-11-12-18)13-14-20(21)24(30-16-17-9-7-6-8-10-17)23(25(28)29-3)27(22)26-5-2/h4-10,13-15,18H,11-12,16H2,1-3H3/b22-4+,26-5-. The average Bonchev–Trinajstić information content (AvgIpc) is 3.63. The molecule has 0 bridgehead atoms. The lowest BCUT2D eigenvalue weighted by Gasteiger charge is -2.32. The zero-order chi connectivity index (χ0) is 21.1. The van der Waals surface area contributed by atoms with Crippen molar-refractivity contribution < 1.29 is 14.3 Å². The van der Waals surface area contributed by atoms with E-state index in [0.717, 1.165) is 22.4 Å². The van der Waals surface area contributed by atoms with Crippen LogP contribution in [-0.2, 0) is 20.9 Å². The summed E-state index contributed by atoms with van der Waals surface area (Å²) in [5.74, 6) is 0.621. The fraction of sp³-hybridized carbons (Fsp3) is 0.280. The van der Waals surface area contributed by atoms with Gasteiger partial charge < -0.3 is 9.47 Å². The minimum absolute atomic E-state index is 0.284. The quantitative estimate of drug-likeness (QED) is 0.486. The van der Waals surface area contributed by atoms with Gasteiger partial charge >= 0.3 is 5.97 Å². The highest BCUT2D eigenvalue weighted by Gasteiger charge is 2.36. The number of ether oxygens (including phenoxy) is 2. The molecular formula is C25H26N2O3. The number of allylic oxidation sites excluding steroid dienone is 1. The summed E-state index contributed by atoms with van der Waals surface area (Å²) in [6, 6.07) is 16.3. The third kappa shape index (κ3) is 3.75. The van der Waals surface area contributed by atoms with E-state index in [2.05, 4.69) is 23.3 Å². The third-order valence-electron chi connectivity index (χ3n) is 5.38. The van der Waals surface area contributed by atoms with Crippen molar-refractivity contribution in [2.24, 2.45) is 5.10 Å². The van der Waals surface area contributed by atoms with Crippen LogP contribution in [0.15, 0.2) is 65.4 Å². The second-order valence-corrected chi connectivity index (χ2v) is 7.38. The summed E-state index contributed by atoms with van der Waals surface area (Å²) in [7, 11) is 1.37. The van der Waals surface area contributed by atoms with Gasteiger partial charge in [0.05, 0.1) is 12.8 Å². The van der Waals surface area contributed by atoms with E-state index in [1.165, 1.54) is 25.5 Å². The number of hydrazone groups is 1. The maximum absolute atomic E-state index is 12.8. The largest absolute Gasteiger partial charge is 0.486 e. The van der Waals surface area contributed by atoms with Crippen LogP contribution in [0.1, 0.15) is 54.9 Å². The molecule has 1 heterocycles. The normalized spacial score (nSPS) is 17.4. The molecular weight excluding hydrogens is 376 g/mol. The highest BCUT2D eigenvalue weighted by atomic mass is 16.5. The van der Waals surface area contributed by atoms with Gasteiger partial charge in [0.2, 0.25) is 0 Å². The highest BCUT2D eigenvalue weighted by molar-refractivity contribution is 6.01. The number of rotatable bonds is 6. The zero-order valence-corrected chi connectivity index (χ0v) is 17.6. The second kappa shape index (κ2) is 8.57. The Morgan fingerprint density at radius 3 is 2.53 bits per heavy atom. The van der Waals surface area contributed by atoms with Crippen molar-refractivity contribution >= 4 is 23.6 Å². The molecule has 1 saturated carbocycles. The van der Waals surface area contributed by atoms with Crippen LogP contribution in [0, 0.1) is 0 Å². The van der Waals surface area contributed by atoms with Crippen LogP contribution in [0.3, 0.4) is 0 Å². The van der Waals surface area contributed by atoms with E-state index in [1.807, 2.05) is 50.3 Å². The fourth-order valence-electron chi connectivity index (χ4n) is 3.77. The number of hydrogen-bond acceptors (Lipinski definition) is 5. The molecule has 0 unspecified atom stereocenters. The maximum atomic E-state index is 12.8. The molecule has 154 valence electrons. The first-order chi connectivity index (χ1) is 14.7. The number of carbonyl (C=O) groups excluding carboxylic acids is 1. The Bertz CT molecular complexity index is 1030. The fourth-order valence-corrected chi connectivity index (χ4v) is 3.77. The predicted molar refractivity (Wildman–Crippen MR) is 118 cm³/mol. The minimum atomic E-state index is -0.486. The number of nitrogens with zero attached hydrogens (tertiary/aromatic N) is 2. The van der Waals surface area contributed by atoms with Gasteiger partial charge in [-0.2, -0.15) is 5.10 Å². The average molecular weight is 402 g/mol. The molecule has 0 radical (unpaired) electrons. The summed E-state index contributed by atoms with van der Waals surface area (Å²) in [6.45, 7) is 4.12. The van der Waals surface area contributed by atoms with Crippen LogP contribution in [0.2, 0.25) is 0 Å². The molecule has 2 aliphatic rings. The summed E-state index contributed by atoms with van der Waals surface area (Å²) in [6.07, 6.45) is 6.08. The molecule has 5 nitrogen and oxygen atoms in total. The second-order valence-electron chi connectivity index (χ2n) is 7.38. The first-order valence-electron chi connectivity index (χ1n) is 10.3. The van der Waals surface area contributed by atoms with Crippen LogP contribution in [0.25, 0.3) is 11.5 Å². The number of esters is 1. The van der Waals surface area contributed by atoms with Crippen LogP contribution in [0.5, 0.6) is 0 Å². The Balaban J connectivity index is 1.87. The van der Waals surface area contributed by atoms with Gasteiger partial charge in [-0.3, -0.25) is 0 Å². The van der Waals surface area contributed by atoms with Crippen molar-refractivity contribution in [2.75, 3.05) is 7.11 Å². The Kier molecular flexibility index (Phi) is 5.70. The molecule has 0 spiro atoms. The number of carbonyl (C=O) groups is 1. The first kappa shape index (κ1) is 20.0. The van der Waals surface area contributed by atoms with E-state index in [1.54, 1.807) is 11.2 Å². The first-order valence-corrected chi connectivity index (χ1v) is 10.3. The van der Waals surface area contributed by atoms with E-state index < -0.39 is 5.97 Å². The minimum Gasteiger partial charge on any atom is -0.486 e. The summed E-state index contributed by atoms with van der Waals surface area (Å²) < 4.78 is 11.4. The predicted octanol–water partition coefficient (Wildman–Crippen LogP) is 5.30. The molecule has 1 aliphatic carbocycles. The van der Waals surface area contributed by atoms with Gasteiger partial charge in [0.25, 0.3) is 0 Å². The van der Waals surface area contributed by atoms with Crippen molar-refractivity contribution in [3.8, 4) is 0 Å². The van der Waals surface area contributed by atoms with E-state index in [-0.39, 0.29) is 5.70 Å². The molecule has 1 aliphatic heterocycles. The van der Waals surface area contributed by atoms with Crippen LogP contribution in [0.4, 0.5) is 0 Å². The lowest BCUT2D eigenvalue weighted by Crippen LogP contribution is -2.29. The molecule has 2 aromatic rings. The van der Waals surface area contributed by atoms with Crippen molar-refractivity contribution in [2.45, 2.75) is 39.2 Å². The molecule has 0 amide bonds. The molecule has 0 N–H and O–H groups in total. The Morgan fingerprint density at radius 2 is 1.90 bits per heavy atom. The number of methoxy groups -OCH3 is 1. The molecule has 0 aromatic heterocycles. The van der Waals surface area contributed by atoms with Gasteiger partial charge in [0.15, 0.2) is 11.5 Å². The Hall–Kier alpha value is -3.34. The van der Waals surface area contributed by atoms with Crippen molar-refractivity contribution in [1.29, 1.82) is 0 Å². The van der Waals surface area contributed by atoms with Crippen molar-refractivity contribution in [3.63, 3.8) is 0 Å². The topological polar surface area (TPSA) is 51.1 Å². The third-order valence-corrected chi connectivity index (χ3v) is 5.38. The summed E-state index contributed by atoms with van der Waals surface area (Å²) in [5.41, 5.74) is 5.36. The highest BCUT2D eigenvalue weighted by Crippen LogP contribution is 2.45. The summed E-state index contributed by atoms with van der Waals surface area (Å²) in [5, 5.41) is 6.11. The van der Waals surface area contributed by atoms with Gasteiger partial charge in [-0.05, 0) is 49.8 Å². The van der Waals surface area contributed by atoms with E-state index >= 15 is 0 Å². The molecule has 0 atom stereocenters. The Morgan fingerprint density at radius 1 is 1.13 bits per heavy atom. The van der Waals surface area contributed by atoms with Crippen molar-refractivity contribution in [3.05, 3.63) is 82.6 Å². The molecule has 0 saturated heterocycles. The molecule has 4 rings (SSSR count). The molecule has 2 aromatic carbocycles. The van der Waals surface area contributed by atoms with Gasteiger partial charge in [0, 0.05) is 17.3 Å². The Labute approximate surface area is 177 Å². The molecule has 5 heteroatoms. The smallest absolute Gasteiger partial charge is 0.360 e. The van der Waals surface area contributed by atoms with Crippen molar-refractivity contribution in [1.82, 2.24) is 5.01 Å². The lowest BCUT2D eigenvalue weighted by atomic mass is 9.93. The van der Waals surface area contributed by atoms with Gasteiger partial charge in [-0.1, -0.05) is 48.5 Å². The summed E-state index contributed by atoms with van der Waals surface area (Å²) >= 11 is 0. The van der Waals surface area contributed by atoms with E-state index in [9.17, 15) is 4.79 Å². The van der Waals surface area contributed by atoms with E-state index in [0.29, 0.717) is 18.3 Å². The zero-order valence-electron chi connectivity index (χ0n) is 17.6. The van der Waals surface area contributed by atoms with Gasteiger partial charge in [-0.25, -0.2) is 9.80 Å². The van der Waals surface area contributed by atoms with Crippen LogP contribution in [-0.4, -0.2) is 24.3 Å². The number of hydrogen-bond donors (Lipinski definition) is 0. The monoisotopic (exact) mass is 402 g/mol.